The predicted octanol–water partition coefficient (Wildman–Crippen LogP) is 1.49. The highest BCUT2D eigenvalue weighted by Crippen LogP contribution is 2.33. The lowest BCUT2D eigenvalue weighted by molar-refractivity contribution is -0.122. The number of carbonyl (C=O) groups excluding carboxylic acids is 1. The van der Waals surface area contributed by atoms with E-state index in [-0.39, 0.29) is 17.5 Å². The molecule has 0 heterocycles. The lowest BCUT2D eigenvalue weighted by Crippen LogP contribution is -2.51. The minimum atomic E-state index is 0.00823. The highest BCUT2D eigenvalue weighted by atomic mass is 16.1. The van der Waals surface area contributed by atoms with Crippen molar-refractivity contribution >= 4 is 5.91 Å². The summed E-state index contributed by atoms with van der Waals surface area (Å²) in [5.74, 6) is 0.101. The van der Waals surface area contributed by atoms with Gasteiger partial charge in [-0.3, -0.25) is 4.79 Å². The zero-order valence-electron chi connectivity index (χ0n) is 12.2. The van der Waals surface area contributed by atoms with Gasteiger partial charge in [-0.05, 0) is 33.4 Å². The largest absolute Gasteiger partial charge is 0.354 e. The summed E-state index contributed by atoms with van der Waals surface area (Å²) < 4.78 is 0. The first-order chi connectivity index (χ1) is 8.50. The molecule has 1 amide bonds. The van der Waals surface area contributed by atoms with Gasteiger partial charge in [0.05, 0.1) is 0 Å². The Balaban J connectivity index is 2.36. The van der Waals surface area contributed by atoms with E-state index in [0.717, 1.165) is 19.4 Å². The van der Waals surface area contributed by atoms with Gasteiger partial charge in [0.15, 0.2) is 0 Å². The molecular formula is C14H29N3O. The van der Waals surface area contributed by atoms with E-state index < -0.39 is 0 Å². The Morgan fingerprint density at radius 1 is 1.39 bits per heavy atom. The summed E-state index contributed by atoms with van der Waals surface area (Å²) in [5.41, 5.74) is 6.06. The number of likely N-dealkylation sites (N-methyl/N-ethyl adjacent to an activating group) is 1. The summed E-state index contributed by atoms with van der Waals surface area (Å²) in [7, 11) is 4.22. The van der Waals surface area contributed by atoms with Gasteiger partial charge in [0.2, 0.25) is 5.91 Å². The van der Waals surface area contributed by atoms with Crippen LogP contribution in [0.2, 0.25) is 0 Å². The predicted molar refractivity (Wildman–Crippen MR) is 75.4 cm³/mol. The molecule has 1 unspecified atom stereocenters. The number of carbonyl (C=O) groups is 1. The third kappa shape index (κ3) is 4.25. The Labute approximate surface area is 111 Å². The average molecular weight is 255 g/mol. The second kappa shape index (κ2) is 7.10. The molecule has 1 aliphatic carbocycles. The van der Waals surface area contributed by atoms with Gasteiger partial charge in [0.25, 0.3) is 0 Å². The van der Waals surface area contributed by atoms with Gasteiger partial charge in [0, 0.05) is 24.5 Å². The van der Waals surface area contributed by atoms with E-state index in [2.05, 4.69) is 31.2 Å². The molecule has 0 saturated heterocycles. The maximum absolute atomic E-state index is 11.8. The molecule has 1 rings (SSSR count). The minimum absolute atomic E-state index is 0.00823. The van der Waals surface area contributed by atoms with Crippen LogP contribution in [0.1, 0.15) is 51.9 Å². The van der Waals surface area contributed by atoms with Crippen LogP contribution in [0.15, 0.2) is 0 Å². The maximum atomic E-state index is 11.8. The van der Waals surface area contributed by atoms with E-state index in [4.69, 9.17) is 5.73 Å². The lowest BCUT2D eigenvalue weighted by Gasteiger charge is -2.36. The van der Waals surface area contributed by atoms with Crippen LogP contribution in [-0.4, -0.2) is 43.0 Å². The molecule has 106 valence electrons. The molecule has 1 saturated carbocycles. The van der Waals surface area contributed by atoms with Crippen molar-refractivity contribution in [3.8, 4) is 0 Å². The zero-order valence-corrected chi connectivity index (χ0v) is 12.2. The Kier molecular flexibility index (Phi) is 6.09. The van der Waals surface area contributed by atoms with Crippen molar-refractivity contribution in [3.63, 3.8) is 0 Å². The number of nitrogens with two attached hydrogens (primary N) is 1. The van der Waals surface area contributed by atoms with Crippen molar-refractivity contribution in [1.29, 1.82) is 0 Å². The Morgan fingerprint density at radius 3 is 2.50 bits per heavy atom. The molecule has 0 aromatic heterocycles. The van der Waals surface area contributed by atoms with Crippen molar-refractivity contribution in [2.45, 2.75) is 63.5 Å². The Hall–Kier alpha value is -0.610. The van der Waals surface area contributed by atoms with Crippen LogP contribution >= 0.6 is 0 Å². The summed E-state index contributed by atoms with van der Waals surface area (Å²) >= 11 is 0. The summed E-state index contributed by atoms with van der Waals surface area (Å²) in [6.07, 6.45) is 7.31. The standard InChI is InChI=1S/C14H29N3O/c1-4-7-12(15)10-13(18)16-11-14(17(2)3)8-5-6-9-14/h12H,4-11,15H2,1-3H3,(H,16,18). The third-order valence-corrected chi connectivity index (χ3v) is 4.20. The first kappa shape index (κ1) is 15.4. The van der Waals surface area contributed by atoms with E-state index in [9.17, 15) is 4.79 Å². The van der Waals surface area contributed by atoms with Crippen molar-refractivity contribution in [2.75, 3.05) is 20.6 Å². The van der Waals surface area contributed by atoms with Crippen molar-refractivity contribution in [3.05, 3.63) is 0 Å². The first-order valence-electron chi connectivity index (χ1n) is 7.20. The number of nitrogens with one attached hydrogen (secondary N) is 1. The summed E-state index contributed by atoms with van der Waals surface area (Å²) in [4.78, 5) is 14.1. The third-order valence-electron chi connectivity index (χ3n) is 4.20. The van der Waals surface area contributed by atoms with Crippen molar-refractivity contribution < 1.29 is 4.79 Å². The number of rotatable bonds is 7. The average Bonchev–Trinajstić information content (AvgIpc) is 2.76. The van der Waals surface area contributed by atoms with Gasteiger partial charge in [-0.15, -0.1) is 0 Å². The van der Waals surface area contributed by atoms with Gasteiger partial charge in [0.1, 0.15) is 0 Å². The van der Waals surface area contributed by atoms with Crippen molar-refractivity contribution in [2.24, 2.45) is 5.73 Å². The number of amides is 1. The smallest absolute Gasteiger partial charge is 0.221 e. The highest BCUT2D eigenvalue weighted by Gasteiger charge is 2.36. The van der Waals surface area contributed by atoms with Crippen molar-refractivity contribution in [1.82, 2.24) is 10.2 Å². The summed E-state index contributed by atoms with van der Waals surface area (Å²) in [5, 5.41) is 3.08. The van der Waals surface area contributed by atoms with Crippen LogP contribution in [0.5, 0.6) is 0 Å². The van der Waals surface area contributed by atoms with E-state index in [1.165, 1.54) is 25.7 Å². The summed E-state index contributed by atoms with van der Waals surface area (Å²) in [6, 6.07) is 0.00823. The van der Waals surface area contributed by atoms with E-state index >= 15 is 0 Å². The quantitative estimate of drug-likeness (QED) is 0.725. The molecule has 0 aromatic carbocycles. The maximum Gasteiger partial charge on any atom is 0.221 e. The first-order valence-corrected chi connectivity index (χ1v) is 7.20. The van der Waals surface area contributed by atoms with Crippen LogP contribution in [0, 0.1) is 0 Å². The topological polar surface area (TPSA) is 58.4 Å². The fourth-order valence-corrected chi connectivity index (χ4v) is 2.86. The van der Waals surface area contributed by atoms with Gasteiger partial charge in [-0.2, -0.15) is 0 Å². The molecule has 0 spiro atoms. The van der Waals surface area contributed by atoms with Crippen LogP contribution in [0.4, 0.5) is 0 Å². The molecule has 0 radical (unpaired) electrons. The molecular weight excluding hydrogens is 226 g/mol. The molecule has 1 aliphatic rings. The van der Waals surface area contributed by atoms with E-state index in [1.54, 1.807) is 0 Å². The Bertz CT molecular complexity index is 260. The number of hydrogen-bond acceptors (Lipinski definition) is 3. The molecule has 1 atom stereocenters. The van der Waals surface area contributed by atoms with Gasteiger partial charge in [-0.1, -0.05) is 26.2 Å². The number of nitrogens with zero attached hydrogens (tertiary/aromatic N) is 1. The molecule has 1 fully saturated rings. The molecule has 0 aliphatic heterocycles. The second-order valence-electron chi connectivity index (χ2n) is 5.86. The monoisotopic (exact) mass is 255 g/mol. The Morgan fingerprint density at radius 2 is 2.00 bits per heavy atom. The van der Waals surface area contributed by atoms with Crippen LogP contribution < -0.4 is 11.1 Å². The minimum Gasteiger partial charge on any atom is -0.354 e. The lowest BCUT2D eigenvalue weighted by atomic mass is 9.96. The van der Waals surface area contributed by atoms with Gasteiger partial charge >= 0.3 is 0 Å². The van der Waals surface area contributed by atoms with Crippen LogP contribution in [0.25, 0.3) is 0 Å². The number of hydrogen-bond donors (Lipinski definition) is 2. The SMILES string of the molecule is CCCC(N)CC(=O)NCC1(N(C)C)CCCC1. The summed E-state index contributed by atoms with van der Waals surface area (Å²) in [6.45, 7) is 2.86. The van der Waals surface area contributed by atoms with E-state index in [0.29, 0.717) is 6.42 Å². The molecule has 0 bridgehead atoms. The normalized spacial score (nSPS) is 20.1. The van der Waals surface area contributed by atoms with E-state index in [1.807, 2.05) is 0 Å². The fraction of sp³-hybridized carbons (Fsp3) is 0.929. The fourth-order valence-electron chi connectivity index (χ4n) is 2.86. The van der Waals surface area contributed by atoms with Gasteiger partial charge in [-0.25, -0.2) is 0 Å². The molecule has 3 N–H and O–H groups in total. The highest BCUT2D eigenvalue weighted by molar-refractivity contribution is 5.76. The van der Waals surface area contributed by atoms with Crippen LogP contribution in [-0.2, 0) is 4.79 Å². The molecule has 4 heteroatoms. The molecule has 18 heavy (non-hydrogen) atoms. The second-order valence-corrected chi connectivity index (χ2v) is 5.86. The van der Waals surface area contributed by atoms with Gasteiger partial charge < -0.3 is 16.0 Å². The van der Waals surface area contributed by atoms with Crippen LogP contribution in [0.3, 0.4) is 0 Å². The zero-order chi connectivity index (χ0) is 13.6. The molecule has 4 nitrogen and oxygen atoms in total. The molecule has 0 aromatic rings.